The maximum absolute atomic E-state index is 10.3. The van der Waals surface area contributed by atoms with Crippen molar-refractivity contribution in [3.8, 4) is 0 Å². The van der Waals surface area contributed by atoms with Gasteiger partial charge in [-0.25, -0.2) is 0 Å². The van der Waals surface area contributed by atoms with Gasteiger partial charge in [-0.15, -0.1) is 0 Å². The van der Waals surface area contributed by atoms with Crippen molar-refractivity contribution in [2.45, 2.75) is 50.4 Å². The maximum Gasteiger partial charge on any atom is 0.0900 e. The molecule has 2 saturated heterocycles. The van der Waals surface area contributed by atoms with Gasteiger partial charge in [-0.2, -0.15) is 5.10 Å². The van der Waals surface area contributed by atoms with Crippen LogP contribution in [0.15, 0.2) is 12.3 Å². The number of rotatable bonds is 8. The lowest BCUT2D eigenvalue weighted by atomic mass is 9.93. The third-order valence-electron chi connectivity index (χ3n) is 5.23. The Hall–Kier alpha value is -0.990. The summed E-state index contributed by atoms with van der Waals surface area (Å²) in [5.41, 5.74) is 1.22. The number of hydrogen-bond acceptors (Lipinski definition) is 6. The normalized spacial score (nSPS) is 22.3. The first-order valence-corrected chi connectivity index (χ1v) is 9.48. The topological polar surface area (TPSA) is 80.0 Å². The summed E-state index contributed by atoms with van der Waals surface area (Å²) >= 11 is 0. The molecule has 3 rings (SSSR count). The molecule has 1 aromatic rings. The zero-order valence-electron chi connectivity index (χ0n) is 14.9. The Morgan fingerprint density at radius 3 is 2.72 bits per heavy atom. The van der Waals surface area contributed by atoms with Crippen molar-refractivity contribution in [1.29, 1.82) is 0 Å². The van der Waals surface area contributed by atoms with Crippen LogP contribution >= 0.6 is 0 Å². The number of aliphatic hydroxyl groups is 2. The van der Waals surface area contributed by atoms with E-state index in [1.807, 2.05) is 10.9 Å². The summed E-state index contributed by atoms with van der Waals surface area (Å²) in [5, 5.41) is 23.7. The van der Waals surface area contributed by atoms with Crippen LogP contribution in [-0.4, -0.2) is 83.2 Å². The summed E-state index contributed by atoms with van der Waals surface area (Å²) in [7, 11) is 0. The number of aliphatic hydroxyl groups excluding tert-OH is 2. The van der Waals surface area contributed by atoms with Crippen LogP contribution < -0.4 is 0 Å². The van der Waals surface area contributed by atoms with Gasteiger partial charge in [0.05, 0.1) is 32.0 Å². The first kappa shape index (κ1) is 18.8. The van der Waals surface area contributed by atoms with Gasteiger partial charge >= 0.3 is 0 Å². The molecule has 0 aromatic carbocycles. The number of nitrogens with zero attached hydrogens (tertiary/aromatic N) is 3. The molecule has 0 aliphatic carbocycles. The molecule has 3 heterocycles. The minimum atomic E-state index is -0.431. The molecule has 2 fully saturated rings. The molecule has 0 spiro atoms. The first-order chi connectivity index (χ1) is 12.3. The number of ether oxygens (including phenoxy) is 2. The summed E-state index contributed by atoms with van der Waals surface area (Å²) in [4.78, 5) is 2.32. The van der Waals surface area contributed by atoms with Crippen LogP contribution in [0, 0.1) is 0 Å². The van der Waals surface area contributed by atoms with Crippen LogP contribution in [0.5, 0.6) is 0 Å². The van der Waals surface area contributed by atoms with Crippen molar-refractivity contribution < 1.29 is 19.7 Å². The van der Waals surface area contributed by atoms with Crippen molar-refractivity contribution in [1.82, 2.24) is 14.7 Å². The number of aromatic nitrogens is 2. The maximum atomic E-state index is 10.3. The van der Waals surface area contributed by atoms with E-state index >= 15 is 0 Å². The van der Waals surface area contributed by atoms with Gasteiger partial charge < -0.3 is 24.6 Å². The van der Waals surface area contributed by atoms with E-state index in [0.717, 1.165) is 52.0 Å². The second-order valence-electron chi connectivity index (χ2n) is 7.08. The number of piperidine rings is 1. The van der Waals surface area contributed by atoms with Gasteiger partial charge in [-0.1, -0.05) is 0 Å². The van der Waals surface area contributed by atoms with Crippen molar-refractivity contribution in [2.75, 3.05) is 46.1 Å². The Balaban J connectivity index is 1.37. The molecule has 0 radical (unpaired) electrons. The zero-order chi connectivity index (χ0) is 17.5. The molecule has 7 heteroatoms. The molecule has 1 unspecified atom stereocenters. The van der Waals surface area contributed by atoms with E-state index in [2.05, 4.69) is 16.1 Å². The highest BCUT2D eigenvalue weighted by Gasteiger charge is 2.25. The Labute approximate surface area is 149 Å². The molecule has 25 heavy (non-hydrogen) atoms. The molecule has 1 atom stereocenters. The minimum Gasteiger partial charge on any atom is -0.394 e. The fourth-order valence-electron chi connectivity index (χ4n) is 3.82. The van der Waals surface area contributed by atoms with Crippen LogP contribution in [0.4, 0.5) is 0 Å². The fourth-order valence-corrected chi connectivity index (χ4v) is 3.82. The predicted octanol–water partition coefficient (Wildman–Crippen LogP) is 0.611. The van der Waals surface area contributed by atoms with Gasteiger partial charge in [0.1, 0.15) is 0 Å². The van der Waals surface area contributed by atoms with Gasteiger partial charge in [-0.3, -0.25) is 4.68 Å². The molecule has 0 bridgehead atoms. The first-order valence-electron chi connectivity index (χ1n) is 9.48. The highest BCUT2D eigenvalue weighted by Crippen LogP contribution is 2.27. The Morgan fingerprint density at radius 2 is 2.00 bits per heavy atom. The van der Waals surface area contributed by atoms with Crippen molar-refractivity contribution in [2.24, 2.45) is 0 Å². The van der Waals surface area contributed by atoms with E-state index in [9.17, 15) is 5.11 Å². The summed E-state index contributed by atoms with van der Waals surface area (Å²) in [5.74, 6) is 0.487. The summed E-state index contributed by atoms with van der Waals surface area (Å²) in [6, 6.07) is 2.06. The van der Waals surface area contributed by atoms with E-state index < -0.39 is 6.10 Å². The molecule has 1 aromatic heterocycles. The second-order valence-corrected chi connectivity index (χ2v) is 7.08. The monoisotopic (exact) mass is 353 g/mol. The van der Waals surface area contributed by atoms with Gasteiger partial charge in [0, 0.05) is 37.6 Å². The Kier molecular flexibility index (Phi) is 7.24. The van der Waals surface area contributed by atoms with Crippen LogP contribution in [0.2, 0.25) is 0 Å². The lowest BCUT2D eigenvalue weighted by molar-refractivity contribution is -0.0649. The number of likely N-dealkylation sites (tertiary alicyclic amines) is 1. The lowest BCUT2D eigenvalue weighted by Gasteiger charge is -2.33. The predicted molar refractivity (Wildman–Crippen MR) is 93.5 cm³/mol. The molecule has 2 aliphatic heterocycles. The van der Waals surface area contributed by atoms with Crippen LogP contribution in [0.25, 0.3) is 0 Å². The van der Waals surface area contributed by atoms with E-state index in [4.69, 9.17) is 14.6 Å². The van der Waals surface area contributed by atoms with Gasteiger partial charge in [0.2, 0.25) is 0 Å². The quantitative estimate of drug-likeness (QED) is 0.713. The van der Waals surface area contributed by atoms with E-state index in [1.165, 1.54) is 5.69 Å². The van der Waals surface area contributed by atoms with Crippen LogP contribution in [0.3, 0.4) is 0 Å². The molecule has 0 saturated carbocycles. The van der Waals surface area contributed by atoms with Crippen molar-refractivity contribution >= 4 is 0 Å². The van der Waals surface area contributed by atoms with E-state index in [1.54, 1.807) is 0 Å². The van der Waals surface area contributed by atoms with Gasteiger partial charge in [0.25, 0.3) is 0 Å². The Morgan fingerprint density at radius 1 is 1.24 bits per heavy atom. The summed E-state index contributed by atoms with van der Waals surface area (Å²) in [6.07, 6.45) is 5.60. The van der Waals surface area contributed by atoms with Crippen molar-refractivity contribution in [3.05, 3.63) is 18.0 Å². The molecule has 142 valence electrons. The summed E-state index contributed by atoms with van der Waals surface area (Å²) in [6.45, 7) is 5.24. The standard InChI is InChI=1S/C18H31N3O4/c22-10-9-21-18(1-6-19-21)15-2-7-20(8-3-15)13-16(23)14-25-17-4-11-24-12-5-17/h1,6,15-17,22-23H,2-5,7-14H2. The SMILES string of the molecule is OCCn1nccc1C1CCN(CC(O)COC2CCOCC2)CC1. The minimum absolute atomic E-state index is 0.118. The molecule has 2 N–H and O–H groups in total. The van der Waals surface area contributed by atoms with Crippen LogP contribution in [0.1, 0.15) is 37.3 Å². The second kappa shape index (κ2) is 9.64. The smallest absolute Gasteiger partial charge is 0.0900 e. The number of hydrogen-bond donors (Lipinski definition) is 2. The molecule has 7 nitrogen and oxygen atoms in total. The Bertz CT molecular complexity index is 496. The van der Waals surface area contributed by atoms with Crippen molar-refractivity contribution in [3.63, 3.8) is 0 Å². The molecule has 0 amide bonds. The van der Waals surface area contributed by atoms with E-state index in [0.29, 0.717) is 25.6 Å². The third-order valence-corrected chi connectivity index (χ3v) is 5.23. The van der Waals surface area contributed by atoms with Crippen LogP contribution in [-0.2, 0) is 16.0 Å². The largest absolute Gasteiger partial charge is 0.394 e. The highest BCUT2D eigenvalue weighted by molar-refractivity contribution is 5.09. The third kappa shape index (κ3) is 5.49. The van der Waals surface area contributed by atoms with E-state index in [-0.39, 0.29) is 12.7 Å². The molecule has 2 aliphatic rings. The molecular formula is C18H31N3O4. The fraction of sp³-hybridized carbons (Fsp3) is 0.833. The van der Waals surface area contributed by atoms with Gasteiger partial charge in [-0.05, 0) is 44.8 Å². The van der Waals surface area contributed by atoms with Gasteiger partial charge in [0.15, 0.2) is 0 Å². The highest BCUT2D eigenvalue weighted by atomic mass is 16.5. The lowest BCUT2D eigenvalue weighted by Crippen LogP contribution is -2.40. The average molecular weight is 353 g/mol. The average Bonchev–Trinajstić information content (AvgIpc) is 3.10. The summed E-state index contributed by atoms with van der Waals surface area (Å²) < 4.78 is 13.1. The molecular weight excluding hydrogens is 322 g/mol. The number of β-amino-alcohol motifs (C(OH)–C–C–N with tert-alkyl or cyclic N) is 1. The zero-order valence-corrected chi connectivity index (χ0v) is 14.9.